The van der Waals surface area contributed by atoms with Crippen molar-refractivity contribution in [1.29, 1.82) is 0 Å². The minimum Gasteiger partial charge on any atom is -0.311 e. The molecule has 1 aromatic heterocycles. The molecule has 0 aromatic carbocycles. The number of thiophene rings is 1. The van der Waals surface area contributed by atoms with Gasteiger partial charge in [-0.05, 0) is 29.7 Å². The van der Waals surface area contributed by atoms with E-state index in [9.17, 15) is 0 Å². The Balaban J connectivity index is 1.98. The minimum absolute atomic E-state index is 0.348. The van der Waals surface area contributed by atoms with Crippen LogP contribution in [-0.4, -0.2) is 36.6 Å². The fraction of sp³-hybridized carbons (Fsp3) is 0.750. The van der Waals surface area contributed by atoms with E-state index in [4.69, 9.17) is 0 Å². The lowest BCUT2D eigenvalue weighted by atomic mass is 9.83. The average Bonchev–Trinajstić information content (AvgIpc) is 2.88. The van der Waals surface area contributed by atoms with E-state index in [2.05, 4.69) is 55.4 Å². The summed E-state index contributed by atoms with van der Waals surface area (Å²) in [4.78, 5) is 4.23. The summed E-state index contributed by atoms with van der Waals surface area (Å²) in [7, 11) is 0. The molecule has 0 saturated carbocycles. The Morgan fingerprint density at radius 1 is 1.42 bits per heavy atom. The zero-order valence-electron chi connectivity index (χ0n) is 12.8. The molecular weight excluding hydrogens is 252 g/mol. The predicted molar refractivity (Wildman–Crippen MR) is 84.9 cm³/mol. The molecule has 108 valence electrons. The molecule has 1 aliphatic heterocycles. The maximum absolute atomic E-state index is 3.71. The molecule has 0 bridgehead atoms. The van der Waals surface area contributed by atoms with Gasteiger partial charge in [-0.25, -0.2) is 0 Å². The van der Waals surface area contributed by atoms with Crippen LogP contribution in [0.4, 0.5) is 0 Å². The van der Waals surface area contributed by atoms with Crippen LogP contribution in [0.15, 0.2) is 17.5 Å². The van der Waals surface area contributed by atoms with E-state index >= 15 is 0 Å². The van der Waals surface area contributed by atoms with E-state index in [1.165, 1.54) is 30.8 Å². The van der Waals surface area contributed by atoms with E-state index in [0.717, 1.165) is 6.54 Å². The van der Waals surface area contributed by atoms with Crippen LogP contribution in [0.2, 0.25) is 0 Å². The van der Waals surface area contributed by atoms with Gasteiger partial charge in [-0.15, -0.1) is 11.3 Å². The quantitative estimate of drug-likeness (QED) is 0.909. The maximum Gasteiger partial charge on any atom is 0.0269 e. The van der Waals surface area contributed by atoms with Crippen molar-refractivity contribution < 1.29 is 0 Å². The molecule has 2 heterocycles. The van der Waals surface area contributed by atoms with Crippen molar-refractivity contribution in [3.8, 4) is 0 Å². The molecular formula is C16H28N2S. The molecule has 0 radical (unpaired) electrons. The van der Waals surface area contributed by atoms with Gasteiger partial charge in [0.1, 0.15) is 0 Å². The number of hydrogen-bond acceptors (Lipinski definition) is 3. The molecule has 2 rings (SSSR count). The second-order valence-electron chi connectivity index (χ2n) is 6.72. The smallest absolute Gasteiger partial charge is 0.0269 e. The van der Waals surface area contributed by atoms with Gasteiger partial charge in [0.25, 0.3) is 0 Å². The van der Waals surface area contributed by atoms with E-state index in [-0.39, 0.29) is 0 Å². The van der Waals surface area contributed by atoms with Gasteiger partial charge >= 0.3 is 0 Å². The highest BCUT2D eigenvalue weighted by atomic mass is 32.1. The SMILES string of the molecule is CCC1CN(CCc2cccs2)C(C(C)(C)C)CN1. The summed E-state index contributed by atoms with van der Waals surface area (Å²) >= 11 is 1.88. The molecule has 1 N–H and O–H groups in total. The molecule has 3 heteroatoms. The Morgan fingerprint density at radius 2 is 2.21 bits per heavy atom. The zero-order chi connectivity index (χ0) is 13.9. The van der Waals surface area contributed by atoms with Crippen molar-refractivity contribution in [2.75, 3.05) is 19.6 Å². The number of hydrogen-bond donors (Lipinski definition) is 1. The maximum atomic E-state index is 3.71. The Kier molecular flexibility index (Phi) is 5.04. The second-order valence-corrected chi connectivity index (χ2v) is 7.75. The van der Waals surface area contributed by atoms with Gasteiger partial charge in [0.2, 0.25) is 0 Å². The molecule has 2 atom stereocenters. The molecule has 0 aliphatic carbocycles. The first-order valence-electron chi connectivity index (χ1n) is 7.50. The molecule has 2 nitrogen and oxygen atoms in total. The molecule has 1 aliphatic rings. The first-order valence-corrected chi connectivity index (χ1v) is 8.38. The topological polar surface area (TPSA) is 15.3 Å². The van der Waals surface area contributed by atoms with Crippen LogP contribution in [0, 0.1) is 5.41 Å². The molecule has 0 spiro atoms. The minimum atomic E-state index is 0.348. The fourth-order valence-corrected chi connectivity index (χ4v) is 3.66. The van der Waals surface area contributed by atoms with Crippen LogP contribution < -0.4 is 5.32 Å². The average molecular weight is 280 g/mol. The summed E-state index contributed by atoms with van der Waals surface area (Å²) in [5.41, 5.74) is 0.348. The van der Waals surface area contributed by atoms with Crippen molar-refractivity contribution in [3.63, 3.8) is 0 Å². The normalized spacial score (nSPS) is 25.7. The summed E-state index contributed by atoms with van der Waals surface area (Å²) in [5, 5.41) is 5.89. The van der Waals surface area contributed by atoms with Gasteiger partial charge in [-0.3, -0.25) is 4.90 Å². The summed E-state index contributed by atoms with van der Waals surface area (Å²) in [6.07, 6.45) is 2.42. The molecule has 1 aromatic rings. The number of nitrogens with zero attached hydrogens (tertiary/aromatic N) is 1. The lowest BCUT2D eigenvalue weighted by Crippen LogP contribution is -2.60. The van der Waals surface area contributed by atoms with Crippen LogP contribution in [0.1, 0.15) is 39.0 Å². The van der Waals surface area contributed by atoms with Gasteiger partial charge < -0.3 is 5.32 Å². The lowest BCUT2D eigenvalue weighted by Gasteiger charge is -2.46. The van der Waals surface area contributed by atoms with Crippen LogP contribution >= 0.6 is 11.3 Å². The van der Waals surface area contributed by atoms with E-state index in [1.807, 2.05) is 11.3 Å². The van der Waals surface area contributed by atoms with E-state index < -0.39 is 0 Å². The van der Waals surface area contributed by atoms with Gasteiger partial charge in [-0.2, -0.15) is 0 Å². The molecule has 0 amide bonds. The number of nitrogens with one attached hydrogen (secondary N) is 1. The monoisotopic (exact) mass is 280 g/mol. The molecule has 1 saturated heterocycles. The fourth-order valence-electron chi connectivity index (χ4n) is 2.97. The third-order valence-corrected chi connectivity index (χ3v) is 5.15. The van der Waals surface area contributed by atoms with Gasteiger partial charge in [-0.1, -0.05) is 33.8 Å². The third kappa shape index (κ3) is 4.04. The first kappa shape index (κ1) is 15.0. The van der Waals surface area contributed by atoms with Crippen molar-refractivity contribution in [2.24, 2.45) is 5.41 Å². The van der Waals surface area contributed by atoms with E-state index in [1.54, 1.807) is 0 Å². The second kappa shape index (κ2) is 6.38. The van der Waals surface area contributed by atoms with Crippen LogP contribution in [0.5, 0.6) is 0 Å². The van der Waals surface area contributed by atoms with Crippen molar-refractivity contribution in [1.82, 2.24) is 10.2 Å². The first-order chi connectivity index (χ1) is 9.00. The highest BCUT2D eigenvalue weighted by Gasteiger charge is 2.34. The summed E-state index contributed by atoms with van der Waals surface area (Å²) in [5.74, 6) is 0. The lowest BCUT2D eigenvalue weighted by molar-refractivity contribution is 0.0560. The van der Waals surface area contributed by atoms with E-state index in [0.29, 0.717) is 17.5 Å². The Hall–Kier alpha value is -0.380. The highest BCUT2D eigenvalue weighted by Crippen LogP contribution is 2.27. The summed E-state index contributed by atoms with van der Waals surface area (Å²) in [6, 6.07) is 5.74. The standard InChI is InChI=1S/C16H28N2S/c1-5-13-12-18(9-8-14-7-6-10-19-14)15(11-17-13)16(2,3)4/h6-7,10,13,15,17H,5,8-9,11-12H2,1-4H3. The van der Waals surface area contributed by atoms with Gasteiger partial charge in [0.15, 0.2) is 0 Å². The highest BCUT2D eigenvalue weighted by molar-refractivity contribution is 7.09. The predicted octanol–water partition coefficient (Wildman–Crippen LogP) is 3.39. The summed E-state index contributed by atoms with van der Waals surface area (Å²) < 4.78 is 0. The van der Waals surface area contributed by atoms with Crippen LogP contribution in [0.25, 0.3) is 0 Å². The van der Waals surface area contributed by atoms with Crippen molar-refractivity contribution in [3.05, 3.63) is 22.4 Å². The van der Waals surface area contributed by atoms with Crippen molar-refractivity contribution in [2.45, 2.75) is 52.6 Å². The molecule has 2 unspecified atom stereocenters. The molecule has 19 heavy (non-hydrogen) atoms. The van der Waals surface area contributed by atoms with Gasteiger partial charge in [0.05, 0.1) is 0 Å². The van der Waals surface area contributed by atoms with Gasteiger partial charge in [0, 0.05) is 36.6 Å². The summed E-state index contributed by atoms with van der Waals surface area (Å²) in [6.45, 7) is 12.9. The number of rotatable bonds is 4. The van der Waals surface area contributed by atoms with Crippen LogP contribution in [0.3, 0.4) is 0 Å². The molecule has 1 fully saturated rings. The largest absolute Gasteiger partial charge is 0.311 e. The van der Waals surface area contributed by atoms with Crippen LogP contribution in [-0.2, 0) is 6.42 Å². The third-order valence-electron chi connectivity index (χ3n) is 4.21. The zero-order valence-corrected chi connectivity index (χ0v) is 13.6. The Labute approximate surface area is 122 Å². The Bertz CT molecular complexity index is 367. The number of piperazine rings is 1. The Morgan fingerprint density at radius 3 is 2.79 bits per heavy atom. The van der Waals surface area contributed by atoms with Crippen molar-refractivity contribution >= 4 is 11.3 Å².